The first-order valence-electron chi connectivity index (χ1n) is 5.93. The van der Waals surface area contributed by atoms with E-state index in [1.165, 1.54) is 6.07 Å². The number of rotatable bonds is 2. The van der Waals surface area contributed by atoms with Crippen molar-refractivity contribution in [3.63, 3.8) is 0 Å². The van der Waals surface area contributed by atoms with Crippen molar-refractivity contribution in [2.45, 2.75) is 37.8 Å². The average Bonchev–Trinajstić information content (AvgIpc) is 3.10. The van der Waals surface area contributed by atoms with Crippen LogP contribution in [-0.4, -0.2) is 12.8 Å². The minimum Gasteiger partial charge on any atom is -0.467 e. The first-order valence-corrected chi connectivity index (χ1v) is 5.93. The van der Waals surface area contributed by atoms with Crippen LogP contribution in [0, 0.1) is 5.82 Å². The predicted octanol–water partition coefficient (Wildman–Crippen LogP) is 2.07. The molecule has 3 rings (SSSR count). The fourth-order valence-electron chi connectivity index (χ4n) is 2.73. The van der Waals surface area contributed by atoms with Crippen LogP contribution in [0.3, 0.4) is 0 Å². The largest absolute Gasteiger partial charge is 0.467 e. The lowest BCUT2D eigenvalue weighted by Crippen LogP contribution is -2.34. The van der Waals surface area contributed by atoms with E-state index in [0.29, 0.717) is 12.2 Å². The van der Waals surface area contributed by atoms with Gasteiger partial charge in [-0.3, -0.25) is 0 Å². The molecule has 1 aromatic rings. The van der Waals surface area contributed by atoms with Gasteiger partial charge in [0.2, 0.25) is 0 Å². The maximum atomic E-state index is 14.1. The van der Waals surface area contributed by atoms with Gasteiger partial charge in [-0.2, -0.15) is 0 Å². The molecular formula is C13H16FNO2. The van der Waals surface area contributed by atoms with Gasteiger partial charge in [-0.05, 0) is 31.9 Å². The van der Waals surface area contributed by atoms with Gasteiger partial charge in [-0.1, -0.05) is 0 Å². The zero-order chi connectivity index (χ0) is 12.0. The zero-order valence-corrected chi connectivity index (χ0v) is 9.83. The van der Waals surface area contributed by atoms with Crippen molar-refractivity contribution in [3.8, 4) is 5.75 Å². The molecule has 92 valence electrons. The van der Waals surface area contributed by atoms with Crippen molar-refractivity contribution in [3.05, 3.63) is 29.1 Å². The lowest BCUT2D eigenvalue weighted by molar-refractivity contribution is -0.0174. The minimum absolute atomic E-state index is 0.0505. The first kappa shape index (κ1) is 11.0. The Bertz CT molecular complexity index is 455. The molecule has 2 N–H and O–H groups in total. The van der Waals surface area contributed by atoms with Crippen molar-refractivity contribution in [1.29, 1.82) is 0 Å². The van der Waals surface area contributed by atoms with Gasteiger partial charge in [0, 0.05) is 22.6 Å². The molecule has 1 atom stereocenters. The SMILES string of the molecule is CC(N)C1(c2c(F)ccc3c2COCO3)CC1. The first-order chi connectivity index (χ1) is 8.15. The van der Waals surface area contributed by atoms with Crippen LogP contribution in [0.4, 0.5) is 4.39 Å². The summed E-state index contributed by atoms with van der Waals surface area (Å²) in [6.45, 7) is 2.59. The van der Waals surface area contributed by atoms with E-state index < -0.39 is 0 Å². The Hall–Kier alpha value is -1.13. The van der Waals surface area contributed by atoms with Gasteiger partial charge in [0.1, 0.15) is 11.6 Å². The summed E-state index contributed by atoms with van der Waals surface area (Å²) in [7, 11) is 0. The highest BCUT2D eigenvalue weighted by Crippen LogP contribution is 2.53. The molecule has 0 saturated heterocycles. The van der Waals surface area contributed by atoms with Gasteiger partial charge < -0.3 is 15.2 Å². The molecule has 0 radical (unpaired) electrons. The van der Waals surface area contributed by atoms with E-state index in [1.54, 1.807) is 6.07 Å². The normalized spacial score (nSPS) is 22.5. The summed E-state index contributed by atoms with van der Waals surface area (Å²) in [5.41, 5.74) is 7.36. The predicted molar refractivity (Wildman–Crippen MR) is 61.2 cm³/mol. The standard InChI is InChI=1S/C13H16FNO2/c1-8(15)13(4-5-13)12-9-6-16-7-17-11(9)3-2-10(12)14/h2-3,8H,4-7,15H2,1H3. The van der Waals surface area contributed by atoms with E-state index >= 15 is 0 Å². The van der Waals surface area contributed by atoms with E-state index in [0.717, 1.165) is 24.2 Å². The van der Waals surface area contributed by atoms with Gasteiger partial charge >= 0.3 is 0 Å². The van der Waals surface area contributed by atoms with Crippen LogP contribution >= 0.6 is 0 Å². The minimum atomic E-state index is -0.209. The zero-order valence-electron chi connectivity index (χ0n) is 9.83. The second-order valence-corrected chi connectivity index (χ2v) is 4.95. The number of nitrogens with two attached hydrogens (primary N) is 1. The molecule has 4 heteroatoms. The Balaban J connectivity index is 2.15. The molecule has 3 nitrogen and oxygen atoms in total. The van der Waals surface area contributed by atoms with E-state index in [4.69, 9.17) is 15.2 Å². The van der Waals surface area contributed by atoms with Crippen molar-refractivity contribution in [1.82, 2.24) is 0 Å². The molecule has 0 amide bonds. The highest BCUT2D eigenvalue weighted by atomic mass is 19.1. The fourth-order valence-corrected chi connectivity index (χ4v) is 2.73. The molecule has 1 aliphatic heterocycles. The smallest absolute Gasteiger partial charge is 0.189 e. The van der Waals surface area contributed by atoms with Crippen molar-refractivity contribution < 1.29 is 13.9 Å². The number of hydrogen-bond acceptors (Lipinski definition) is 3. The third kappa shape index (κ3) is 1.55. The number of fused-ring (bicyclic) bond motifs is 1. The van der Waals surface area contributed by atoms with Crippen molar-refractivity contribution in [2.24, 2.45) is 5.73 Å². The van der Waals surface area contributed by atoms with E-state index in [2.05, 4.69) is 0 Å². The summed E-state index contributed by atoms with van der Waals surface area (Å²) in [5, 5.41) is 0. The molecule has 1 aliphatic carbocycles. The number of ether oxygens (including phenoxy) is 2. The summed E-state index contributed by atoms with van der Waals surface area (Å²) in [5.74, 6) is 0.548. The lowest BCUT2D eigenvalue weighted by atomic mass is 9.85. The highest BCUT2D eigenvalue weighted by Gasteiger charge is 2.50. The van der Waals surface area contributed by atoms with E-state index in [-0.39, 0.29) is 24.1 Å². The highest BCUT2D eigenvalue weighted by molar-refractivity contribution is 5.48. The van der Waals surface area contributed by atoms with Crippen LogP contribution in [0.15, 0.2) is 12.1 Å². The summed E-state index contributed by atoms with van der Waals surface area (Å²) in [6, 6.07) is 3.10. The summed E-state index contributed by atoms with van der Waals surface area (Å²) in [4.78, 5) is 0. The fraction of sp³-hybridized carbons (Fsp3) is 0.538. The number of hydrogen-bond donors (Lipinski definition) is 1. The molecule has 1 heterocycles. The monoisotopic (exact) mass is 237 g/mol. The number of benzene rings is 1. The van der Waals surface area contributed by atoms with Crippen LogP contribution in [0.25, 0.3) is 0 Å². The third-order valence-corrected chi connectivity index (χ3v) is 3.92. The van der Waals surface area contributed by atoms with Crippen molar-refractivity contribution >= 4 is 0 Å². The Morgan fingerprint density at radius 2 is 2.18 bits per heavy atom. The molecule has 0 bridgehead atoms. The van der Waals surface area contributed by atoms with Gasteiger partial charge in [-0.25, -0.2) is 4.39 Å². The summed E-state index contributed by atoms with van der Waals surface area (Å²) < 4.78 is 24.8. The third-order valence-electron chi connectivity index (χ3n) is 3.92. The molecule has 0 spiro atoms. The van der Waals surface area contributed by atoms with E-state index in [1.807, 2.05) is 6.92 Å². The Kier molecular flexibility index (Phi) is 2.38. The van der Waals surface area contributed by atoms with Gasteiger partial charge in [0.05, 0.1) is 6.61 Å². The molecule has 0 aromatic heterocycles. The van der Waals surface area contributed by atoms with Gasteiger partial charge in [-0.15, -0.1) is 0 Å². The van der Waals surface area contributed by atoms with Gasteiger partial charge in [0.15, 0.2) is 6.79 Å². The Morgan fingerprint density at radius 3 is 2.82 bits per heavy atom. The van der Waals surface area contributed by atoms with Crippen LogP contribution < -0.4 is 10.5 Å². The topological polar surface area (TPSA) is 44.5 Å². The molecule has 17 heavy (non-hydrogen) atoms. The molecule has 1 aromatic carbocycles. The average molecular weight is 237 g/mol. The molecule has 2 aliphatic rings. The van der Waals surface area contributed by atoms with Gasteiger partial charge in [0.25, 0.3) is 0 Å². The molecular weight excluding hydrogens is 221 g/mol. The van der Waals surface area contributed by atoms with Crippen LogP contribution in [0.1, 0.15) is 30.9 Å². The molecule has 1 fully saturated rings. The Morgan fingerprint density at radius 1 is 1.41 bits per heavy atom. The van der Waals surface area contributed by atoms with Crippen LogP contribution in [0.2, 0.25) is 0 Å². The summed E-state index contributed by atoms with van der Waals surface area (Å²) >= 11 is 0. The summed E-state index contributed by atoms with van der Waals surface area (Å²) in [6.07, 6.45) is 1.88. The number of halogens is 1. The van der Waals surface area contributed by atoms with E-state index in [9.17, 15) is 4.39 Å². The maximum absolute atomic E-state index is 14.1. The second-order valence-electron chi connectivity index (χ2n) is 4.95. The van der Waals surface area contributed by atoms with Crippen molar-refractivity contribution in [2.75, 3.05) is 6.79 Å². The van der Waals surface area contributed by atoms with Crippen LogP contribution in [0.5, 0.6) is 5.75 Å². The maximum Gasteiger partial charge on any atom is 0.189 e. The quantitative estimate of drug-likeness (QED) is 0.856. The van der Waals surface area contributed by atoms with Crippen LogP contribution in [-0.2, 0) is 16.8 Å². The lowest BCUT2D eigenvalue weighted by Gasteiger charge is -2.27. The second kappa shape index (κ2) is 3.68. The molecule has 1 unspecified atom stereocenters. The molecule has 1 saturated carbocycles. The Labute approximate surface area is 99.7 Å².